The van der Waals surface area contributed by atoms with Gasteiger partial charge in [-0.25, -0.2) is 4.39 Å². The number of ether oxygens (including phenoxy) is 2. The van der Waals surface area contributed by atoms with Crippen LogP contribution < -0.4 is 15.2 Å². The fraction of sp³-hybridized carbons (Fsp3) is 0.172. The maximum atomic E-state index is 15.3. The maximum absolute atomic E-state index is 15.3. The summed E-state index contributed by atoms with van der Waals surface area (Å²) in [5.74, 6) is -0.316. The molecule has 1 aromatic heterocycles. The van der Waals surface area contributed by atoms with Gasteiger partial charge in [-0.3, -0.25) is 9.78 Å². The van der Waals surface area contributed by atoms with Gasteiger partial charge in [0.2, 0.25) is 0 Å². The number of carboxylic acid groups (broad SMARTS) is 1. The van der Waals surface area contributed by atoms with Gasteiger partial charge >= 0.3 is 5.97 Å². The van der Waals surface area contributed by atoms with Crippen LogP contribution in [0.3, 0.4) is 0 Å². The fourth-order valence-corrected chi connectivity index (χ4v) is 3.86. The first-order chi connectivity index (χ1) is 17.4. The minimum atomic E-state index is -0.942. The van der Waals surface area contributed by atoms with Gasteiger partial charge in [0.1, 0.15) is 30.5 Å². The zero-order valence-electron chi connectivity index (χ0n) is 19.9. The molecule has 6 nitrogen and oxygen atoms in total. The lowest BCUT2D eigenvalue weighted by atomic mass is 9.97. The Kier molecular flexibility index (Phi) is 7.92. The molecule has 3 N–H and O–H groups in total. The second-order valence-electron chi connectivity index (χ2n) is 8.44. The van der Waals surface area contributed by atoms with Gasteiger partial charge in [0.15, 0.2) is 0 Å². The molecule has 0 saturated carbocycles. The van der Waals surface area contributed by atoms with E-state index in [1.165, 1.54) is 0 Å². The van der Waals surface area contributed by atoms with Gasteiger partial charge < -0.3 is 20.3 Å². The number of benzene rings is 3. The molecule has 3 aromatic carbocycles. The number of carboxylic acids is 1. The minimum absolute atomic E-state index is 0.138. The Bertz CT molecular complexity index is 1340. The first-order valence-corrected chi connectivity index (χ1v) is 11.5. The average molecular weight is 487 g/mol. The van der Waals surface area contributed by atoms with Crippen molar-refractivity contribution < 1.29 is 23.8 Å². The normalized spacial score (nSPS) is 11.6. The molecule has 1 heterocycles. The molecule has 1 atom stereocenters. The summed E-state index contributed by atoms with van der Waals surface area (Å²) >= 11 is 0. The molecule has 0 aliphatic carbocycles. The Morgan fingerprint density at radius 1 is 1.00 bits per heavy atom. The van der Waals surface area contributed by atoms with E-state index < -0.39 is 12.0 Å². The van der Waals surface area contributed by atoms with Crippen LogP contribution in [0.5, 0.6) is 11.5 Å². The van der Waals surface area contributed by atoms with Crippen LogP contribution in [-0.2, 0) is 24.4 Å². The highest BCUT2D eigenvalue weighted by atomic mass is 19.1. The molecule has 0 aliphatic rings. The maximum Gasteiger partial charge on any atom is 0.307 e. The van der Waals surface area contributed by atoms with E-state index in [9.17, 15) is 9.90 Å². The number of rotatable bonds is 10. The van der Waals surface area contributed by atoms with Gasteiger partial charge in [-0.1, -0.05) is 42.5 Å². The predicted molar refractivity (Wildman–Crippen MR) is 135 cm³/mol. The second-order valence-corrected chi connectivity index (χ2v) is 8.44. The smallest absolute Gasteiger partial charge is 0.307 e. The van der Waals surface area contributed by atoms with E-state index in [4.69, 9.17) is 15.2 Å². The number of hydrogen-bond donors (Lipinski definition) is 2. The third kappa shape index (κ3) is 6.25. The average Bonchev–Trinajstić information content (AvgIpc) is 2.87. The van der Waals surface area contributed by atoms with Crippen molar-refractivity contribution in [1.29, 1.82) is 0 Å². The summed E-state index contributed by atoms with van der Waals surface area (Å²) in [5, 5.41) is 9.19. The number of hydrogen-bond acceptors (Lipinski definition) is 5. The highest BCUT2D eigenvalue weighted by Gasteiger charge is 2.15. The lowest BCUT2D eigenvalue weighted by Crippen LogP contribution is -2.08. The van der Waals surface area contributed by atoms with E-state index >= 15 is 4.39 Å². The van der Waals surface area contributed by atoms with E-state index in [0.717, 1.165) is 11.3 Å². The quantitative estimate of drug-likeness (QED) is 0.299. The van der Waals surface area contributed by atoms with Gasteiger partial charge in [0, 0.05) is 28.9 Å². The molecular weight excluding hydrogens is 459 g/mol. The number of para-hydroxylation sites is 1. The lowest BCUT2D eigenvalue weighted by Gasteiger charge is -2.15. The van der Waals surface area contributed by atoms with Gasteiger partial charge in [-0.2, -0.15) is 0 Å². The third-order valence-electron chi connectivity index (χ3n) is 5.62. The predicted octanol–water partition coefficient (Wildman–Crippen LogP) is 5.69. The van der Waals surface area contributed by atoms with Crippen LogP contribution in [0.25, 0.3) is 11.1 Å². The van der Waals surface area contributed by atoms with Crippen LogP contribution in [0.1, 0.15) is 35.3 Å². The van der Waals surface area contributed by atoms with Crippen molar-refractivity contribution in [2.24, 2.45) is 5.73 Å². The highest BCUT2D eigenvalue weighted by molar-refractivity contribution is 5.71. The molecule has 7 heteroatoms. The van der Waals surface area contributed by atoms with Gasteiger partial charge in [0.25, 0.3) is 0 Å². The summed E-state index contributed by atoms with van der Waals surface area (Å²) in [7, 11) is 0. The van der Waals surface area contributed by atoms with Crippen molar-refractivity contribution in [3.63, 3.8) is 0 Å². The summed E-state index contributed by atoms with van der Waals surface area (Å²) in [5.41, 5.74) is 9.47. The number of aromatic nitrogens is 1. The number of pyridine rings is 1. The summed E-state index contributed by atoms with van der Waals surface area (Å²) < 4.78 is 27.3. The number of nitrogens with two attached hydrogens (primary N) is 1. The molecule has 4 aromatic rings. The van der Waals surface area contributed by atoms with Crippen LogP contribution in [-0.4, -0.2) is 16.1 Å². The Morgan fingerprint density at radius 2 is 1.81 bits per heavy atom. The van der Waals surface area contributed by atoms with Gasteiger partial charge in [0.05, 0.1) is 12.1 Å². The topological polar surface area (TPSA) is 94.7 Å². The van der Waals surface area contributed by atoms with E-state index in [2.05, 4.69) is 4.98 Å². The van der Waals surface area contributed by atoms with E-state index in [1.807, 2.05) is 30.3 Å². The van der Waals surface area contributed by atoms with Crippen LogP contribution >= 0.6 is 0 Å². The van der Waals surface area contributed by atoms with Gasteiger partial charge in [-0.05, 0) is 54.4 Å². The summed E-state index contributed by atoms with van der Waals surface area (Å²) in [6.07, 6.45) is 1.54. The standard InChI is InChI=1S/C29H27FN2O4/c1-19(31)25-9-6-10-26(29(25)30)22-13-20(14-24(15-22)35-18-23-8-4-5-12-32-23)17-36-27-11-3-2-7-21(27)16-28(33)34/h2-15,19H,16-18,31H2,1H3,(H,33,34)/t19-/m1/s1. The van der Waals surface area contributed by atoms with E-state index in [1.54, 1.807) is 61.7 Å². The van der Waals surface area contributed by atoms with Gasteiger partial charge in [-0.15, -0.1) is 0 Å². The zero-order chi connectivity index (χ0) is 25.5. The molecule has 0 saturated heterocycles. The molecule has 4 rings (SSSR count). The summed E-state index contributed by atoms with van der Waals surface area (Å²) in [4.78, 5) is 15.5. The summed E-state index contributed by atoms with van der Waals surface area (Å²) in [6.45, 7) is 2.12. The lowest BCUT2D eigenvalue weighted by molar-refractivity contribution is -0.136. The van der Waals surface area contributed by atoms with Crippen molar-refractivity contribution in [3.8, 4) is 22.6 Å². The largest absolute Gasteiger partial charge is 0.489 e. The molecule has 0 fully saturated rings. The molecule has 0 aliphatic heterocycles. The van der Waals surface area contributed by atoms with E-state index in [0.29, 0.717) is 33.8 Å². The minimum Gasteiger partial charge on any atom is -0.489 e. The van der Waals surface area contributed by atoms with Crippen LogP contribution in [0.15, 0.2) is 85.1 Å². The van der Waals surface area contributed by atoms with Crippen molar-refractivity contribution in [1.82, 2.24) is 4.98 Å². The number of nitrogens with zero attached hydrogens (tertiary/aromatic N) is 1. The molecule has 0 unspecified atom stereocenters. The first kappa shape index (κ1) is 24.9. The van der Waals surface area contributed by atoms with Crippen molar-refractivity contribution in [2.45, 2.75) is 32.6 Å². The molecular formula is C29H27FN2O4. The van der Waals surface area contributed by atoms with Crippen LogP contribution in [0.2, 0.25) is 0 Å². The molecule has 184 valence electrons. The van der Waals surface area contributed by atoms with Crippen molar-refractivity contribution >= 4 is 5.97 Å². The molecule has 0 spiro atoms. The Morgan fingerprint density at radius 3 is 2.56 bits per heavy atom. The molecule has 0 bridgehead atoms. The second kappa shape index (κ2) is 11.5. The monoisotopic (exact) mass is 486 g/mol. The number of carbonyl (C=O) groups is 1. The van der Waals surface area contributed by atoms with Crippen LogP contribution in [0, 0.1) is 5.82 Å². The molecule has 0 radical (unpaired) electrons. The number of aliphatic carboxylic acids is 1. The number of halogens is 1. The first-order valence-electron chi connectivity index (χ1n) is 11.5. The SMILES string of the molecule is C[C@@H](N)c1cccc(-c2cc(COc3ccccc3CC(=O)O)cc(OCc3ccccn3)c2)c1F. The third-order valence-corrected chi connectivity index (χ3v) is 5.62. The van der Waals surface area contributed by atoms with Crippen molar-refractivity contribution in [2.75, 3.05) is 0 Å². The van der Waals surface area contributed by atoms with Crippen LogP contribution in [0.4, 0.5) is 4.39 Å². The Hall–Kier alpha value is -4.23. The fourth-order valence-electron chi connectivity index (χ4n) is 3.86. The van der Waals surface area contributed by atoms with E-state index in [-0.39, 0.29) is 25.5 Å². The molecule has 0 amide bonds. The van der Waals surface area contributed by atoms with Crippen molar-refractivity contribution in [3.05, 3.63) is 113 Å². The Labute approximate surface area is 209 Å². The summed E-state index contributed by atoms with van der Waals surface area (Å²) in [6, 6.07) is 22.7. The Balaban J connectivity index is 1.66. The zero-order valence-corrected chi connectivity index (χ0v) is 19.9. The molecule has 36 heavy (non-hydrogen) atoms. The highest BCUT2D eigenvalue weighted by Crippen LogP contribution is 2.32.